The Kier molecular flexibility index (Phi) is 12.1. The van der Waals surface area contributed by atoms with E-state index in [0.717, 1.165) is 49.1 Å². The Balaban J connectivity index is 0.000000193. The van der Waals surface area contributed by atoms with Gasteiger partial charge in [-0.05, 0) is 84.3 Å². The van der Waals surface area contributed by atoms with Gasteiger partial charge in [-0.15, -0.1) is 0 Å². The largest absolute Gasteiger partial charge is 0.316 e. The molecule has 4 N–H and O–H groups in total. The maximum absolute atomic E-state index is 9.86. The van der Waals surface area contributed by atoms with Crippen LogP contribution in [0, 0.1) is 0 Å². The molecule has 0 aliphatic carbocycles. The van der Waals surface area contributed by atoms with Gasteiger partial charge in [0.25, 0.3) is 20.2 Å². The highest BCUT2D eigenvalue weighted by atomic mass is 35.5. The first kappa shape index (κ1) is 31.0. The highest BCUT2D eigenvalue weighted by Crippen LogP contribution is 2.26. The van der Waals surface area contributed by atoms with Crippen LogP contribution in [0.1, 0.15) is 47.9 Å². The molecule has 0 fully saturated rings. The van der Waals surface area contributed by atoms with Crippen LogP contribution < -0.4 is 10.6 Å². The topological polar surface area (TPSA) is 133 Å². The number of hydrogen-bond acceptors (Lipinski definition) is 6. The van der Waals surface area contributed by atoms with Crippen LogP contribution in [0.2, 0.25) is 10.0 Å². The van der Waals surface area contributed by atoms with Crippen molar-refractivity contribution >= 4 is 43.4 Å². The molecule has 4 rings (SSSR count). The van der Waals surface area contributed by atoms with Crippen LogP contribution in [0.15, 0.2) is 36.4 Å². The first-order chi connectivity index (χ1) is 16.7. The Morgan fingerprint density at radius 2 is 1.11 bits per heavy atom. The van der Waals surface area contributed by atoms with Gasteiger partial charge in [0.15, 0.2) is 0 Å². The van der Waals surface area contributed by atoms with Crippen molar-refractivity contribution in [1.82, 2.24) is 10.6 Å². The van der Waals surface area contributed by atoms with Gasteiger partial charge in [0.1, 0.15) is 0 Å². The predicted octanol–water partition coefficient (Wildman–Crippen LogP) is 3.94. The molecule has 202 valence electrons. The minimum atomic E-state index is -4.30. The third kappa shape index (κ3) is 11.4. The normalized spacial score (nSPS) is 19.7. The van der Waals surface area contributed by atoms with Crippen molar-refractivity contribution in [2.45, 2.75) is 38.5 Å². The number of benzene rings is 2. The average Bonchev–Trinajstić information content (AvgIpc) is 3.08. The Morgan fingerprint density at radius 3 is 1.44 bits per heavy atom. The monoisotopic (exact) mass is 580 g/mol. The summed E-state index contributed by atoms with van der Waals surface area (Å²) in [6.45, 7) is 8.78. The zero-order chi connectivity index (χ0) is 26.9. The summed E-state index contributed by atoms with van der Waals surface area (Å²) in [6, 6.07) is 12.5. The molecule has 12 heteroatoms. The lowest BCUT2D eigenvalue weighted by Gasteiger charge is -2.11. The molecule has 2 aromatic carbocycles. The standard InChI is InChI=1S/2C11H14ClN.C2H6O6S2/c2*1-8-7-13-5-4-9-2-3-10(12)6-11(8)9;3-9(4,5)1-2-10(6,7)8/h2*2-3,6,8,13H,4-5,7H2,1H3;1-2H2,(H,3,4,5)(H,6,7,8)/t2*8-;/m00./s1. The first-order valence-electron chi connectivity index (χ1n) is 11.6. The fourth-order valence-corrected chi connectivity index (χ4v) is 6.06. The third-order valence-electron chi connectivity index (χ3n) is 5.92. The van der Waals surface area contributed by atoms with Gasteiger partial charge in [-0.1, -0.05) is 49.2 Å². The summed E-state index contributed by atoms with van der Waals surface area (Å²) < 4.78 is 55.4. The van der Waals surface area contributed by atoms with Crippen LogP contribution in [0.3, 0.4) is 0 Å². The molecule has 8 nitrogen and oxygen atoms in total. The molecule has 0 radical (unpaired) electrons. The highest BCUT2D eigenvalue weighted by Gasteiger charge is 2.15. The molecule has 2 atom stereocenters. The Morgan fingerprint density at radius 1 is 0.750 bits per heavy atom. The molecular formula is C24H34Cl2N2O6S2. The minimum absolute atomic E-state index is 0.580. The maximum Gasteiger partial charge on any atom is 0.265 e. The van der Waals surface area contributed by atoms with E-state index in [1.807, 2.05) is 12.1 Å². The second kappa shape index (κ2) is 14.1. The summed E-state index contributed by atoms with van der Waals surface area (Å²) in [5.41, 5.74) is 5.72. The molecule has 0 saturated carbocycles. The number of fused-ring (bicyclic) bond motifs is 2. The van der Waals surface area contributed by atoms with Crippen molar-refractivity contribution in [3.8, 4) is 0 Å². The van der Waals surface area contributed by atoms with E-state index in [1.54, 1.807) is 0 Å². The fourth-order valence-electron chi connectivity index (χ4n) is 4.02. The molecule has 0 aromatic heterocycles. The van der Waals surface area contributed by atoms with Crippen LogP contribution in [0.25, 0.3) is 0 Å². The van der Waals surface area contributed by atoms with E-state index in [0.29, 0.717) is 11.8 Å². The van der Waals surface area contributed by atoms with E-state index in [9.17, 15) is 16.8 Å². The zero-order valence-electron chi connectivity index (χ0n) is 20.4. The van der Waals surface area contributed by atoms with Crippen molar-refractivity contribution in [1.29, 1.82) is 0 Å². The number of nitrogens with one attached hydrogen (secondary N) is 2. The molecule has 0 saturated heterocycles. The smallest absolute Gasteiger partial charge is 0.265 e. The molecule has 2 aliphatic heterocycles. The Hall–Kier alpha value is -1.24. The average molecular weight is 582 g/mol. The van der Waals surface area contributed by atoms with E-state index in [-0.39, 0.29) is 0 Å². The summed E-state index contributed by atoms with van der Waals surface area (Å²) in [5.74, 6) is -0.801. The van der Waals surface area contributed by atoms with Gasteiger partial charge in [-0.25, -0.2) is 0 Å². The quantitative estimate of drug-likeness (QED) is 0.401. The van der Waals surface area contributed by atoms with Gasteiger partial charge in [-0.3, -0.25) is 9.11 Å². The molecular weight excluding hydrogens is 547 g/mol. The molecule has 2 aromatic rings. The van der Waals surface area contributed by atoms with Gasteiger partial charge >= 0.3 is 0 Å². The van der Waals surface area contributed by atoms with Gasteiger partial charge in [0.05, 0.1) is 11.5 Å². The fraction of sp³-hybridized carbons (Fsp3) is 0.500. The van der Waals surface area contributed by atoms with E-state index < -0.39 is 31.7 Å². The van der Waals surface area contributed by atoms with Crippen molar-refractivity contribution in [3.05, 3.63) is 68.7 Å². The number of halogens is 2. The second-order valence-electron chi connectivity index (χ2n) is 8.97. The molecule has 36 heavy (non-hydrogen) atoms. The van der Waals surface area contributed by atoms with Crippen molar-refractivity contribution in [2.24, 2.45) is 0 Å². The summed E-state index contributed by atoms with van der Waals surface area (Å²) in [4.78, 5) is 0. The Labute approximate surface area is 224 Å². The van der Waals surface area contributed by atoms with Gasteiger partial charge in [0.2, 0.25) is 0 Å². The summed E-state index contributed by atoms with van der Waals surface area (Å²) in [5, 5.41) is 8.55. The molecule has 2 heterocycles. The van der Waals surface area contributed by atoms with Gasteiger partial charge in [0, 0.05) is 23.1 Å². The molecule has 0 bridgehead atoms. The van der Waals surface area contributed by atoms with Crippen molar-refractivity contribution < 1.29 is 25.9 Å². The van der Waals surface area contributed by atoms with E-state index in [2.05, 4.69) is 48.7 Å². The van der Waals surface area contributed by atoms with E-state index in [1.165, 1.54) is 22.3 Å². The summed E-state index contributed by atoms with van der Waals surface area (Å²) in [7, 11) is -8.59. The predicted molar refractivity (Wildman–Crippen MR) is 146 cm³/mol. The second-order valence-corrected chi connectivity index (χ2v) is 13.0. The number of hydrogen-bond donors (Lipinski definition) is 4. The van der Waals surface area contributed by atoms with Crippen LogP contribution in [0.5, 0.6) is 0 Å². The van der Waals surface area contributed by atoms with Crippen LogP contribution in [0.4, 0.5) is 0 Å². The zero-order valence-corrected chi connectivity index (χ0v) is 23.5. The van der Waals surface area contributed by atoms with E-state index >= 15 is 0 Å². The minimum Gasteiger partial charge on any atom is -0.316 e. The highest BCUT2D eigenvalue weighted by molar-refractivity contribution is 7.89. The van der Waals surface area contributed by atoms with Gasteiger partial charge in [-0.2, -0.15) is 16.8 Å². The maximum atomic E-state index is 9.86. The summed E-state index contributed by atoms with van der Waals surface area (Å²) >= 11 is 11.9. The Bertz CT molecular complexity index is 1130. The lowest BCUT2D eigenvalue weighted by Crippen LogP contribution is -2.18. The van der Waals surface area contributed by atoms with Crippen molar-refractivity contribution in [2.75, 3.05) is 37.7 Å². The molecule has 2 aliphatic rings. The molecule has 0 spiro atoms. The molecule has 0 unspecified atom stereocenters. The van der Waals surface area contributed by atoms with Gasteiger partial charge < -0.3 is 10.6 Å². The molecule has 0 amide bonds. The van der Waals surface area contributed by atoms with Crippen molar-refractivity contribution in [3.63, 3.8) is 0 Å². The first-order valence-corrected chi connectivity index (χ1v) is 15.6. The van der Waals surface area contributed by atoms with E-state index in [4.69, 9.17) is 32.3 Å². The summed E-state index contributed by atoms with van der Waals surface area (Å²) in [6.07, 6.45) is 2.24. The lowest BCUT2D eigenvalue weighted by molar-refractivity contribution is 0.472. The lowest BCUT2D eigenvalue weighted by atomic mass is 9.96. The van der Waals surface area contributed by atoms with Crippen LogP contribution >= 0.6 is 23.2 Å². The van der Waals surface area contributed by atoms with Crippen LogP contribution in [-0.2, 0) is 33.1 Å². The number of rotatable bonds is 3. The SMILES string of the molecule is C[C@H]1CNCCc2ccc(Cl)cc21.C[C@H]1CNCCc2ccc(Cl)cc21.O=S(=O)(O)CCS(=O)(=O)O. The van der Waals surface area contributed by atoms with Crippen LogP contribution in [-0.4, -0.2) is 63.6 Å². The third-order valence-corrected chi connectivity index (χ3v) is 8.09.